The molecule has 104 valence electrons. The van der Waals surface area contributed by atoms with Crippen molar-refractivity contribution in [1.29, 1.82) is 0 Å². The summed E-state index contributed by atoms with van der Waals surface area (Å²) in [6.45, 7) is 9.14. The minimum atomic E-state index is 0.637. The zero-order chi connectivity index (χ0) is 14.5. The van der Waals surface area contributed by atoms with Crippen LogP contribution >= 0.6 is 0 Å². The van der Waals surface area contributed by atoms with E-state index < -0.39 is 0 Å². The molecule has 4 nitrogen and oxygen atoms in total. The maximum atomic E-state index is 11.4. The Bertz CT molecular complexity index is 602. The van der Waals surface area contributed by atoms with Gasteiger partial charge in [0.1, 0.15) is 5.82 Å². The topological polar surface area (TPSA) is 38.1 Å². The molecule has 0 aliphatic rings. The summed E-state index contributed by atoms with van der Waals surface area (Å²) in [6.07, 6.45) is 2.71. The monoisotopic (exact) mass is 269 g/mol. The van der Waals surface area contributed by atoms with E-state index in [1.165, 1.54) is 0 Å². The molecule has 2 aromatic rings. The maximum Gasteiger partial charge on any atom is 0.155 e. The Morgan fingerprint density at radius 1 is 1.35 bits per heavy atom. The number of carbonyl (C=O) groups is 1. The van der Waals surface area contributed by atoms with Crippen molar-refractivity contribution in [3.8, 4) is 5.69 Å². The molecule has 0 saturated heterocycles. The van der Waals surface area contributed by atoms with E-state index in [9.17, 15) is 4.79 Å². The fourth-order valence-electron chi connectivity index (χ4n) is 2.24. The third kappa shape index (κ3) is 2.50. The van der Waals surface area contributed by atoms with Crippen LogP contribution < -0.4 is 4.90 Å². The second kappa shape index (κ2) is 6.19. The fourth-order valence-corrected chi connectivity index (χ4v) is 2.24. The molecule has 1 aromatic heterocycles. The highest BCUT2D eigenvalue weighted by Gasteiger charge is 2.19. The quantitative estimate of drug-likeness (QED) is 0.597. The summed E-state index contributed by atoms with van der Waals surface area (Å²) in [6, 6.07) is 9.83. The number of likely N-dealkylation sites (N-methyl/N-ethyl adjacent to an activating group) is 1. The molecule has 0 amide bonds. The predicted octanol–water partition coefficient (Wildman–Crippen LogP) is 3.01. The highest BCUT2D eigenvalue weighted by molar-refractivity contribution is 5.85. The van der Waals surface area contributed by atoms with Gasteiger partial charge < -0.3 is 4.90 Å². The lowest BCUT2D eigenvalue weighted by molar-refractivity contribution is 0.112. The zero-order valence-electron chi connectivity index (χ0n) is 11.9. The molecule has 0 unspecified atom stereocenters. The van der Waals surface area contributed by atoms with E-state index in [2.05, 4.69) is 23.5 Å². The van der Waals surface area contributed by atoms with Gasteiger partial charge in [0.15, 0.2) is 6.29 Å². The van der Waals surface area contributed by atoms with Crippen LogP contribution in [0, 0.1) is 6.92 Å². The van der Waals surface area contributed by atoms with Crippen LogP contribution in [-0.2, 0) is 0 Å². The molecule has 0 bridgehead atoms. The first kappa shape index (κ1) is 14.1. The second-order valence-corrected chi connectivity index (χ2v) is 4.52. The fraction of sp³-hybridized carbons (Fsp3) is 0.250. The average molecular weight is 269 g/mol. The standard InChI is InChI=1S/C16H19N3O/c1-4-11-18(5-2)16-15(12-20)13(3)17-19(16)14-9-7-6-8-10-14/h4,6-10,12H,1,5,11H2,2-3H3. The summed E-state index contributed by atoms with van der Waals surface area (Å²) in [5.41, 5.74) is 2.32. The van der Waals surface area contributed by atoms with E-state index in [1.54, 1.807) is 0 Å². The molecule has 0 N–H and O–H groups in total. The van der Waals surface area contributed by atoms with E-state index in [0.29, 0.717) is 12.1 Å². The lowest BCUT2D eigenvalue weighted by Gasteiger charge is -2.23. The lowest BCUT2D eigenvalue weighted by Crippen LogP contribution is -2.26. The molecule has 1 aromatic carbocycles. The maximum absolute atomic E-state index is 11.4. The third-order valence-electron chi connectivity index (χ3n) is 3.23. The van der Waals surface area contributed by atoms with Gasteiger partial charge in [-0.2, -0.15) is 5.10 Å². The molecule has 0 saturated carbocycles. The van der Waals surface area contributed by atoms with E-state index in [1.807, 2.05) is 48.0 Å². The van der Waals surface area contributed by atoms with Crippen LogP contribution in [-0.4, -0.2) is 29.2 Å². The molecule has 1 heterocycles. The predicted molar refractivity (Wildman–Crippen MR) is 81.8 cm³/mol. The van der Waals surface area contributed by atoms with Crippen molar-refractivity contribution >= 4 is 12.1 Å². The summed E-state index contributed by atoms with van der Waals surface area (Å²) in [5.74, 6) is 0.825. The molecular formula is C16H19N3O. The number of rotatable bonds is 6. The SMILES string of the molecule is C=CCN(CC)c1c(C=O)c(C)nn1-c1ccccc1. The number of nitrogens with zero attached hydrogens (tertiary/aromatic N) is 3. The number of para-hydroxylation sites is 1. The zero-order valence-corrected chi connectivity index (χ0v) is 11.9. The van der Waals surface area contributed by atoms with Crippen LogP contribution in [0.2, 0.25) is 0 Å². The van der Waals surface area contributed by atoms with Gasteiger partial charge in [0.05, 0.1) is 16.9 Å². The van der Waals surface area contributed by atoms with Gasteiger partial charge in [-0.25, -0.2) is 4.68 Å². The Labute approximate surface area is 119 Å². The number of aryl methyl sites for hydroxylation is 1. The Morgan fingerprint density at radius 2 is 2.05 bits per heavy atom. The molecule has 20 heavy (non-hydrogen) atoms. The van der Waals surface area contributed by atoms with Crippen molar-refractivity contribution in [1.82, 2.24) is 9.78 Å². The number of anilines is 1. The molecule has 4 heteroatoms. The summed E-state index contributed by atoms with van der Waals surface area (Å²) in [5, 5.41) is 4.51. The first-order valence-electron chi connectivity index (χ1n) is 6.69. The van der Waals surface area contributed by atoms with Crippen molar-refractivity contribution in [3.63, 3.8) is 0 Å². The van der Waals surface area contributed by atoms with E-state index >= 15 is 0 Å². The first-order valence-corrected chi connectivity index (χ1v) is 6.69. The number of hydrogen-bond donors (Lipinski definition) is 0. The van der Waals surface area contributed by atoms with Crippen LogP contribution in [0.15, 0.2) is 43.0 Å². The van der Waals surface area contributed by atoms with E-state index in [0.717, 1.165) is 30.0 Å². The van der Waals surface area contributed by atoms with Crippen LogP contribution in [0.25, 0.3) is 5.69 Å². The number of aromatic nitrogens is 2. The second-order valence-electron chi connectivity index (χ2n) is 4.52. The summed E-state index contributed by atoms with van der Waals surface area (Å²) >= 11 is 0. The Morgan fingerprint density at radius 3 is 2.60 bits per heavy atom. The van der Waals surface area contributed by atoms with Gasteiger partial charge in [-0.15, -0.1) is 6.58 Å². The average Bonchev–Trinajstić information content (AvgIpc) is 2.82. The smallest absolute Gasteiger partial charge is 0.155 e. The third-order valence-corrected chi connectivity index (χ3v) is 3.23. The van der Waals surface area contributed by atoms with Crippen molar-refractivity contribution in [2.24, 2.45) is 0 Å². The van der Waals surface area contributed by atoms with Crippen molar-refractivity contribution < 1.29 is 4.79 Å². The summed E-state index contributed by atoms with van der Waals surface area (Å²) in [4.78, 5) is 13.5. The van der Waals surface area contributed by atoms with Gasteiger partial charge in [0, 0.05) is 13.1 Å². The van der Waals surface area contributed by atoms with Gasteiger partial charge in [0.25, 0.3) is 0 Å². The first-order chi connectivity index (χ1) is 9.72. The molecule has 0 spiro atoms. The minimum absolute atomic E-state index is 0.637. The Kier molecular flexibility index (Phi) is 4.35. The van der Waals surface area contributed by atoms with Crippen LogP contribution in [0.3, 0.4) is 0 Å². The molecule has 0 fully saturated rings. The number of aldehydes is 1. The normalized spacial score (nSPS) is 10.3. The summed E-state index contributed by atoms with van der Waals surface area (Å²) in [7, 11) is 0. The highest BCUT2D eigenvalue weighted by atomic mass is 16.1. The van der Waals surface area contributed by atoms with Crippen LogP contribution in [0.4, 0.5) is 5.82 Å². The van der Waals surface area contributed by atoms with Crippen molar-refractivity contribution in [2.45, 2.75) is 13.8 Å². The number of carbonyl (C=O) groups excluding carboxylic acids is 1. The largest absolute Gasteiger partial charge is 0.352 e. The van der Waals surface area contributed by atoms with Crippen LogP contribution in [0.5, 0.6) is 0 Å². The van der Waals surface area contributed by atoms with Crippen LogP contribution in [0.1, 0.15) is 23.0 Å². The van der Waals surface area contributed by atoms with E-state index in [4.69, 9.17) is 0 Å². The van der Waals surface area contributed by atoms with Crippen molar-refractivity contribution in [2.75, 3.05) is 18.0 Å². The number of hydrogen-bond acceptors (Lipinski definition) is 3. The molecule has 0 radical (unpaired) electrons. The minimum Gasteiger partial charge on any atom is -0.352 e. The van der Waals surface area contributed by atoms with Gasteiger partial charge >= 0.3 is 0 Å². The number of benzene rings is 1. The lowest BCUT2D eigenvalue weighted by atomic mass is 10.2. The Hall–Kier alpha value is -2.36. The highest BCUT2D eigenvalue weighted by Crippen LogP contribution is 2.25. The van der Waals surface area contributed by atoms with Gasteiger partial charge in [-0.1, -0.05) is 24.3 Å². The van der Waals surface area contributed by atoms with Crippen molar-refractivity contribution in [3.05, 3.63) is 54.2 Å². The Balaban J connectivity index is 2.63. The molecular weight excluding hydrogens is 250 g/mol. The molecule has 0 atom stereocenters. The van der Waals surface area contributed by atoms with Gasteiger partial charge in [-0.05, 0) is 26.0 Å². The van der Waals surface area contributed by atoms with Gasteiger partial charge in [0.2, 0.25) is 0 Å². The van der Waals surface area contributed by atoms with Gasteiger partial charge in [-0.3, -0.25) is 4.79 Å². The molecule has 2 rings (SSSR count). The molecule has 0 aliphatic heterocycles. The van der Waals surface area contributed by atoms with E-state index in [-0.39, 0.29) is 0 Å². The molecule has 0 aliphatic carbocycles. The summed E-state index contributed by atoms with van der Waals surface area (Å²) < 4.78 is 1.83.